The second-order valence-corrected chi connectivity index (χ2v) is 5.46. The number of nitrogens with one attached hydrogen (secondary N) is 1. The van der Waals surface area contributed by atoms with Crippen molar-refractivity contribution in [1.82, 2.24) is 5.32 Å². The summed E-state index contributed by atoms with van der Waals surface area (Å²) >= 11 is 0. The van der Waals surface area contributed by atoms with Gasteiger partial charge in [0.15, 0.2) is 0 Å². The minimum Gasteiger partial charge on any atom is -0.310 e. The molecule has 2 aromatic carbocycles. The molecule has 118 valence electrons. The van der Waals surface area contributed by atoms with Gasteiger partial charge in [-0.05, 0) is 37.0 Å². The Morgan fingerprint density at radius 1 is 0.955 bits per heavy atom. The van der Waals surface area contributed by atoms with Crippen molar-refractivity contribution in [1.29, 1.82) is 0 Å². The molecule has 0 amide bonds. The van der Waals surface area contributed by atoms with Gasteiger partial charge in [-0.25, -0.2) is 0 Å². The summed E-state index contributed by atoms with van der Waals surface area (Å²) in [7, 11) is 0. The van der Waals surface area contributed by atoms with Gasteiger partial charge in [-0.3, -0.25) is 0 Å². The lowest BCUT2D eigenvalue weighted by molar-refractivity contribution is -0.138. The van der Waals surface area contributed by atoms with Crippen molar-refractivity contribution < 1.29 is 13.2 Å². The first-order chi connectivity index (χ1) is 10.5. The first-order valence-corrected chi connectivity index (χ1v) is 7.39. The summed E-state index contributed by atoms with van der Waals surface area (Å²) in [6, 6.07) is 16.0. The smallest absolute Gasteiger partial charge is 0.310 e. The number of hydrogen-bond donors (Lipinski definition) is 1. The lowest BCUT2D eigenvalue weighted by Crippen LogP contribution is -2.27. The van der Waals surface area contributed by atoms with Crippen LogP contribution in [0.4, 0.5) is 13.2 Å². The molecule has 1 atom stereocenters. The SMILES string of the molecule is C[C@@H](CCc1ccccc1)NCc1ccccc1C(F)(F)F. The van der Waals surface area contributed by atoms with Crippen LogP contribution in [0.25, 0.3) is 0 Å². The Morgan fingerprint density at radius 3 is 2.27 bits per heavy atom. The molecule has 0 spiro atoms. The Balaban J connectivity index is 1.88. The topological polar surface area (TPSA) is 12.0 Å². The normalized spacial score (nSPS) is 13.1. The minimum atomic E-state index is -4.30. The largest absolute Gasteiger partial charge is 0.416 e. The van der Waals surface area contributed by atoms with E-state index >= 15 is 0 Å². The van der Waals surface area contributed by atoms with Crippen LogP contribution in [0.1, 0.15) is 30.0 Å². The van der Waals surface area contributed by atoms with Crippen molar-refractivity contribution in [3.05, 3.63) is 71.3 Å². The number of rotatable bonds is 6. The van der Waals surface area contributed by atoms with Crippen LogP contribution in [0, 0.1) is 0 Å². The molecule has 2 aromatic rings. The predicted octanol–water partition coefficient (Wildman–Crippen LogP) is 4.82. The average Bonchev–Trinajstić information content (AvgIpc) is 2.51. The highest BCUT2D eigenvalue weighted by Crippen LogP contribution is 2.31. The zero-order valence-corrected chi connectivity index (χ0v) is 12.5. The third-order valence-electron chi connectivity index (χ3n) is 3.67. The van der Waals surface area contributed by atoms with Crippen LogP contribution >= 0.6 is 0 Å². The van der Waals surface area contributed by atoms with E-state index in [9.17, 15) is 13.2 Å². The van der Waals surface area contributed by atoms with Gasteiger partial charge in [-0.15, -0.1) is 0 Å². The van der Waals surface area contributed by atoms with Gasteiger partial charge in [0, 0.05) is 12.6 Å². The molecule has 0 aromatic heterocycles. The summed E-state index contributed by atoms with van der Waals surface area (Å²) < 4.78 is 38.7. The summed E-state index contributed by atoms with van der Waals surface area (Å²) in [5.41, 5.74) is 0.978. The Bertz CT molecular complexity index is 578. The third kappa shape index (κ3) is 4.88. The van der Waals surface area contributed by atoms with Crippen molar-refractivity contribution in [3.8, 4) is 0 Å². The second kappa shape index (κ2) is 7.45. The van der Waals surface area contributed by atoms with Crippen molar-refractivity contribution in [3.63, 3.8) is 0 Å². The zero-order chi connectivity index (χ0) is 16.0. The van der Waals surface area contributed by atoms with E-state index in [0.29, 0.717) is 5.56 Å². The molecule has 4 heteroatoms. The van der Waals surface area contributed by atoms with Gasteiger partial charge < -0.3 is 5.32 Å². The fraction of sp³-hybridized carbons (Fsp3) is 0.333. The molecule has 0 saturated carbocycles. The van der Waals surface area contributed by atoms with Crippen molar-refractivity contribution in [2.24, 2.45) is 0 Å². The molecule has 1 N–H and O–H groups in total. The molecular formula is C18H20F3N. The molecule has 0 bridgehead atoms. The summed E-state index contributed by atoms with van der Waals surface area (Å²) in [6.07, 6.45) is -2.50. The van der Waals surface area contributed by atoms with Crippen LogP contribution in [-0.2, 0) is 19.1 Å². The number of halogens is 3. The highest BCUT2D eigenvalue weighted by atomic mass is 19.4. The molecule has 0 heterocycles. The van der Waals surface area contributed by atoms with E-state index in [1.807, 2.05) is 25.1 Å². The predicted molar refractivity (Wildman–Crippen MR) is 82.5 cm³/mol. The molecule has 22 heavy (non-hydrogen) atoms. The Kier molecular flexibility index (Phi) is 5.61. The van der Waals surface area contributed by atoms with E-state index in [2.05, 4.69) is 17.4 Å². The first kappa shape index (κ1) is 16.6. The molecule has 0 radical (unpaired) electrons. The fourth-order valence-electron chi connectivity index (χ4n) is 2.37. The molecule has 0 unspecified atom stereocenters. The number of benzene rings is 2. The summed E-state index contributed by atoms with van der Waals surface area (Å²) in [6.45, 7) is 2.23. The van der Waals surface area contributed by atoms with Gasteiger partial charge >= 0.3 is 6.18 Å². The van der Waals surface area contributed by atoms with E-state index in [4.69, 9.17) is 0 Å². The molecule has 0 fully saturated rings. The first-order valence-electron chi connectivity index (χ1n) is 7.39. The van der Waals surface area contributed by atoms with Crippen LogP contribution < -0.4 is 5.32 Å². The van der Waals surface area contributed by atoms with Crippen molar-refractivity contribution in [2.75, 3.05) is 0 Å². The van der Waals surface area contributed by atoms with Crippen LogP contribution in [-0.4, -0.2) is 6.04 Å². The molecule has 1 nitrogen and oxygen atoms in total. The monoisotopic (exact) mass is 307 g/mol. The van der Waals surface area contributed by atoms with E-state index in [1.54, 1.807) is 6.07 Å². The fourth-order valence-corrected chi connectivity index (χ4v) is 2.37. The van der Waals surface area contributed by atoms with Crippen molar-refractivity contribution >= 4 is 0 Å². The Morgan fingerprint density at radius 2 is 1.59 bits per heavy atom. The second-order valence-electron chi connectivity index (χ2n) is 5.46. The highest BCUT2D eigenvalue weighted by Gasteiger charge is 2.32. The van der Waals surface area contributed by atoms with Crippen LogP contribution in [0.5, 0.6) is 0 Å². The average molecular weight is 307 g/mol. The zero-order valence-electron chi connectivity index (χ0n) is 12.5. The molecule has 0 aliphatic heterocycles. The molecule has 2 rings (SSSR count). The van der Waals surface area contributed by atoms with E-state index in [1.165, 1.54) is 17.7 Å². The number of hydrogen-bond acceptors (Lipinski definition) is 1. The van der Waals surface area contributed by atoms with Crippen LogP contribution in [0.15, 0.2) is 54.6 Å². The van der Waals surface area contributed by atoms with Gasteiger partial charge in [0.25, 0.3) is 0 Å². The minimum absolute atomic E-state index is 0.154. The number of alkyl halides is 3. The van der Waals surface area contributed by atoms with Crippen molar-refractivity contribution in [2.45, 2.75) is 38.5 Å². The maximum absolute atomic E-state index is 12.9. The molecule has 0 aliphatic carbocycles. The standard InChI is InChI=1S/C18H20F3N/c1-14(11-12-15-7-3-2-4-8-15)22-13-16-9-5-6-10-17(16)18(19,20)21/h2-10,14,22H,11-13H2,1H3/t14-/m0/s1. The highest BCUT2D eigenvalue weighted by molar-refractivity contribution is 5.29. The quantitative estimate of drug-likeness (QED) is 0.807. The lowest BCUT2D eigenvalue weighted by atomic mass is 10.0. The van der Waals surface area contributed by atoms with Crippen LogP contribution in [0.3, 0.4) is 0 Å². The Hall–Kier alpha value is -1.81. The Labute approximate surface area is 129 Å². The summed E-state index contributed by atoms with van der Waals surface area (Å²) in [5.74, 6) is 0. The van der Waals surface area contributed by atoms with Gasteiger partial charge in [0.1, 0.15) is 0 Å². The van der Waals surface area contributed by atoms with Gasteiger partial charge in [-0.1, -0.05) is 48.5 Å². The van der Waals surface area contributed by atoms with E-state index < -0.39 is 11.7 Å². The maximum atomic E-state index is 12.9. The van der Waals surface area contributed by atoms with Gasteiger partial charge in [-0.2, -0.15) is 13.2 Å². The van der Waals surface area contributed by atoms with Gasteiger partial charge in [0.05, 0.1) is 5.56 Å². The maximum Gasteiger partial charge on any atom is 0.416 e. The third-order valence-corrected chi connectivity index (χ3v) is 3.67. The van der Waals surface area contributed by atoms with Gasteiger partial charge in [0.2, 0.25) is 0 Å². The molecule has 0 aliphatic rings. The lowest BCUT2D eigenvalue weighted by Gasteiger charge is -2.17. The summed E-state index contributed by atoms with van der Waals surface area (Å²) in [4.78, 5) is 0. The van der Waals surface area contributed by atoms with E-state index in [-0.39, 0.29) is 12.6 Å². The molecular weight excluding hydrogens is 287 g/mol. The van der Waals surface area contributed by atoms with Crippen LogP contribution in [0.2, 0.25) is 0 Å². The molecule has 0 saturated heterocycles. The summed E-state index contributed by atoms with van der Waals surface area (Å²) in [5, 5.41) is 3.18. The number of aryl methyl sites for hydroxylation is 1. The van der Waals surface area contributed by atoms with E-state index in [0.717, 1.165) is 18.9 Å².